The first kappa shape index (κ1) is 17.4. The minimum atomic E-state index is -0.309. The molecule has 6 nitrogen and oxygen atoms in total. The minimum Gasteiger partial charge on any atom is -0.305 e. The lowest BCUT2D eigenvalue weighted by Gasteiger charge is -2.13. The van der Waals surface area contributed by atoms with Crippen molar-refractivity contribution in [2.75, 3.05) is 12.3 Å². The van der Waals surface area contributed by atoms with Crippen LogP contribution in [0.25, 0.3) is 11.4 Å². The van der Waals surface area contributed by atoms with E-state index >= 15 is 0 Å². The van der Waals surface area contributed by atoms with Crippen molar-refractivity contribution in [2.45, 2.75) is 5.16 Å². The summed E-state index contributed by atoms with van der Waals surface area (Å²) in [6, 6.07) is 12.9. The molecular weight excluding hydrogens is 367 g/mol. The van der Waals surface area contributed by atoms with Gasteiger partial charge in [0.25, 0.3) is 11.8 Å². The lowest BCUT2D eigenvalue weighted by atomic mass is 10.1. The zero-order chi connectivity index (χ0) is 19.0. The largest absolute Gasteiger partial charge is 0.305 e. The van der Waals surface area contributed by atoms with Crippen LogP contribution in [0, 0.1) is 5.82 Å². The number of carbonyl (C=O) groups is 2. The van der Waals surface area contributed by atoms with Crippen molar-refractivity contribution in [1.82, 2.24) is 19.7 Å². The molecule has 27 heavy (non-hydrogen) atoms. The highest BCUT2D eigenvalue weighted by molar-refractivity contribution is 7.99. The third-order valence-electron chi connectivity index (χ3n) is 4.36. The van der Waals surface area contributed by atoms with Crippen LogP contribution >= 0.6 is 11.8 Å². The average Bonchev–Trinajstić information content (AvgIpc) is 3.16. The van der Waals surface area contributed by atoms with Gasteiger partial charge in [0.05, 0.1) is 11.1 Å². The summed E-state index contributed by atoms with van der Waals surface area (Å²) in [7, 11) is 1.82. The van der Waals surface area contributed by atoms with Crippen LogP contribution in [0.15, 0.2) is 53.7 Å². The molecule has 3 aromatic rings. The zero-order valence-electron chi connectivity index (χ0n) is 14.4. The van der Waals surface area contributed by atoms with Gasteiger partial charge in [0.2, 0.25) is 0 Å². The van der Waals surface area contributed by atoms with Gasteiger partial charge in [-0.15, -0.1) is 10.2 Å². The number of amides is 2. The van der Waals surface area contributed by atoms with Crippen LogP contribution in [0.2, 0.25) is 0 Å². The number of rotatable bonds is 5. The number of nitrogens with zero attached hydrogens (tertiary/aromatic N) is 4. The molecular formula is C19H15FN4O2S. The maximum Gasteiger partial charge on any atom is 0.261 e. The molecule has 0 spiro atoms. The summed E-state index contributed by atoms with van der Waals surface area (Å²) in [6.45, 7) is 0.287. The molecule has 0 saturated carbocycles. The number of fused-ring (bicyclic) bond motifs is 1. The van der Waals surface area contributed by atoms with E-state index in [2.05, 4.69) is 10.2 Å². The van der Waals surface area contributed by atoms with Crippen LogP contribution in [-0.4, -0.2) is 43.8 Å². The van der Waals surface area contributed by atoms with E-state index in [0.717, 1.165) is 5.56 Å². The van der Waals surface area contributed by atoms with Gasteiger partial charge in [-0.25, -0.2) is 4.39 Å². The number of hydrogen-bond acceptors (Lipinski definition) is 5. The van der Waals surface area contributed by atoms with Gasteiger partial charge in [0.15, 0.2) is 11.0 Å². The molecule has 0 radical (unpaired) electrons. The van der Waals surface area contributed by atoms with Crippen molar-refractivity contribution >= 4 is 23.6 Å². The van der Waals surface area contributed by atoms with Crippen LogP contribution in [0.3, 0.4) is 0 Å². The first-order valence-corrected chi connectivity index (χ1v) is 9.28. The molecule has 0 bridgehead atoms. The average molecular weight is 382 g/mol. The molecule has 2 aromatic carbocycles. The lowest BCUT2D eigenvalue weighted by Crippen LogP contribution is -2.31. The quantitative estimate of drug-likeness (QED) is 0.501. The second-order valence-electron chi connectivity index (χ2n) is 6.03. The van der Waals surface area contributed by atoms with Gasteiger partial charge in [-0.1, -0.05) is 23.9 Å². The van der Waals surface area contributed by atoms with Gasteiger partial charge in [0, 0.05) is 24.9 Å². The highest BCUT2D eigenvalue weighted by Crippen LogP contribution is 2.25. The fourth-order valence-electron chi connectivity index (χ4n) is 2.96. The number of hydrogen-bond donors (Lipinski definition) is 0. The Balaban J connectivity index is 1.43. The molecule has 0 saturated heterocycles. The summed E-state index contributed by atoms with van der Waals surface area (Å²) < 4.78 is 14.9. The third-order valence-corrected chi connectivity index (χ3v) is 5.36. The van der Waals surface area contributed by atoms with Gasteiger partial charge < -0.3 is 4.57 Å². The first-order chi connectivity index (χ1) is 13.1. The highest BCUT2D eigenvalue weighted by atomic mass is 32.2. The van der Waals surface area contributed by atoms with Crippen molar-refractivity contribution in [1.29, 1.82) is 0 Å². The molecule has 0 N–H and O–H groups in total. The number of halogens is 1. The SMILES string of the molecule is Cn1c(SCCN2C(=O)c3ccccc3C2=O)nnc1-c1ccc(F)cc1. The smallest absolute Gasteiger partial charge is 0.261 e. The van der Waals surface area contributed by atoms with Gasteiger partial charge in [0.1, 0.15) is 5.82 Å². The molecule has 1 aliphatic heterocycles. The summed E-state index contributed by atoms with van der Waals surface area (Å²) in [6.07, 6.45) is 0. The van der Waals surface area contributed by atoms with E-state index in [1.54, 1.807) is 41.0 Å². The minimum absolute atomic E-state index is 0.263. The number of imide groups is 1. The van der Waals surface area contributed by atoms with Crippen molar-refractivity contribution in [3.05, 3.63) is 65.5 Å². The molecule has 0 aliphatic carbocycles. The molecule has 2 heterocycles. The normalized spacial score (nSPS) is 13.3. The topological polar surface area (TPSA) is 68.1 Å². The van der Waals surface area contributed by atoms with Crippen LogP contribution in [-0.2, 0) is 7.05 Å². The molecule has 4 rings (SSSR count). The Morgan fingerprint density at radius 1 is 0.963 bits per heavy atom. The van der Waals surface area contributed by atoms with Crippen LogP contribution in [0.1, 0.15) is 20.7 Å². The maximum absolute atomic E-state index is 13.1. The Hall–Kier alpha value is -3.00. The molecule has 1 aliphatic rings. The Labute approximate surface area is 159 Å². The van der Waals surface area contributed by atoms with E-state index in [1.165, 1.54) is 28.8 Å². The molecule has 1 aromatic heterocycles. The number of benzene rings is 2. The predicted octanol–water partition coefficient (Wildman–Crippen LogP) is 3.01. The number of thioether (sulfide) groups is 1. The van der Waals surface area contributed by atoms with Crippen molar-refractivity contribution in [2.24, 2.45) is 7.05 Å². The second kappa shape index (κ2) is 6.96. The van der Waals surface area contributed by atoms with E-state index in [0.29, 0.717) is 27.9 Å². The molecule has 0 fully saturated rings. The van der Waals surface area contributed by atoms with E-state index in [1.807, 2.05) is 7.05 Å². The summed E-state index contributed by atoms with van der Waals surface area (Å²) in [5.41, 5.74) is 1.66. The summed E-state index contributed by atoms with van der Waals surface area (Å²) >= 11 is 1.40. The van der Waals surface area contributed by atoms with Gasteiger partial charge in [-0.05, 0) is 36.4 Å². The van der Waals surface area contributed by atoms with Crippen LogP contribution in [0.5, 0.6) is 0 Å². The molecule has 2 amide bonds. The summed E-state index contributed by atoms with van der Waals surface area (Å²) in [5, 5.41) is 8.96. The fourth-order valence-corrected chi connectivity index (χ4v) is 3.80. The maximum atomic E-state index is 13.1. The zero-order valence-corrected chi connectivity index (χ0v) is 15.2. The summed E-state index contributed by atoms with van der Waals surface area (Å²) in [4.78, 5) is 26.0. The van der Waals surface area contributed by atoms with E-state index < -0.39 is 0 Å². The standard InChI is InChI=1S/C19H15FN4O2S/c1-23-16(12-6-8-13(20)9-7-12)21-22-19(23)27-11-10-24-17(25)14-4-2-3-5-15(14)18(24)26/h2-9H,10-11H2,1H3. The monoisotopic (exact) mass is 382 g/mol. The number of aromatic nitrogens is 3. The van der Waals surface area contributed by atoms with Gasteiger partial charge in [-0.3, -0.25) is 14.5 Å². The molecule has 136 valence electrons. The van der Waals surface area contributed by atoms with Crippen molar-refractivity contribution < 1.29 is 14.0 Å². The van der Waals surface area contributed by atoms with E-state index in [4.69, 9.17) is 0 Å². The van der Waals surface area contributed by atoms with Gasteiger partial charge >= 0.3 is 0 Å². The first-order valence-electron chi connectivity index (χ1n) is 8.29. The van der Waals surface area contributed by atoms with E-state index in [-0.39, 0.29) is 24.2 Å². The molecule has 8 heteroatoms. The van der Waals surface area contributed by atoms with Gasteiger partial charge in [-0.2, -0.15) is 0 Å². The Morgan fingerprint density at radius 3 is 2.22 bits per heavy atom. The van der Waals surface area contributed by atoms with E-state index in [9.17, 15) is 14.0 Å². The van der Waals surface area contributed by atoms with Crippen molar-refractivity contribution in [3.63, 3.8) is 0 Å². The van der Waals surface area contributed by atoms with Crippen LogP contribution < -0.4 is 0 Å². The Morgan fingerprint density at radius 2 is 1.59 bits per heavy atom. The highest BCUT2D eigenvalue weighted by Gasteiger charge is 2.34. The lowest BCUT2D eigenvalue weighted by molar-refractivity contribution is 0.0664. The third kappa shape index (κ3) is 3.12. The number of carbonyl (C=O) groups excluding carboxylic acids is 2. The Bertz CT molecular complexity index is 997. The molecule has 0 unspecified atom stereocenters. The molecule has 0 atom stereocenters. The van der Waals surface area contributed by atoms with Crippen molar-refractivity contribution in [3.8, 4) is 11.4 Å². The summed E-state index contributed by atoms with van der Waals surface area (Å²) in [5.74, 6) is 0.290. The Kier molecular flexibility index (Phi) is 4.49. The predicted molar refractivity (Wildman–Crippen MR) is 98.9 cm³/mol. The second-order valence-corrected chi connectivity index (χ2v) is 7.09. The fraction of sp³-hybridized carbons (Fsp3) is 0.158. The van der Waals surface area contributed by atoms with Crippen LogP contribution in [0.4, 0.5) is 4.39 Å².